The Bertz CT molecular complexity index is 660. The summed E-state index contributed by atoms with van der Waals surface area (Å²) in [5.41, 5.74) is 0. The maximum absolute atomic E-state index is 11.2. The van der Waals surface area contributed by atoms with Crippen molar-refractivity contribution in [3.8, 4) is 0 Å². The van der Waals surface area contributed by atoms with Gasteiger partial charge in [0.25, 0.3) is 16.6 Å². The molecule has 0 saturated carbocycles. The number of carboxylic acids is 2. The lowest BCUT2D eigenvalue weighted by molar-refractivity contribution is -0.139. The van der Waals surface area contributed by atoms with Crippen molar-refractivity contribution >= 4 is 28.5 Å². The van der Waals surface area contributed by atoms with Gasteiger partial charge < -0.3 is 19.8 Å². The third kappa shape index (κ3) is 14.3. The van der Waals surface area contributed by atoms with Crippen LogP contribution in [0.25, 0.3) is 0 Å². The zero-order valence-corrected chi connectivity index (χ0v) is 19.0. The standard InChI is InChI=1S/C18H34N4O9S/c23-16-31-15-22-10-8-20(13-17(24)25)6-4-19(3-1-2-12-32(28,29)30)5-7-21(9-11-22)14-18(26)27/h16H,1-15H2,(H,24,25)(H,26,27)(H,28,29,30). The van der Waals surface area contributed by atoms with Gasteiger partial charge in [-0.15, -0.1) is 0 Å². The van der Waals surface area contributed by atoms with Gasteiger partial charge in [0.2, 0.25) is 0 Å². The maximum atomic E-state index is 11.2. The van der Waals surface area contributed by atoms with Gasteiger partial charge in [0, 0.05) is 52.4 Å². The van der Waals surface area contributed by atoms with E-state index in [1.54, 1.807) is 9.80 Å². The van der Waals surface area contributed by atoms with E-state index in [0.29, 0.717) is 78.2 Å². The Morgan fingerprint density at radius 1 is 0.781 bits per heavy atom. The molecule has 1 rings (SSSR count). The normalized spacial score (nSPS) is 19.0. The second-order valence-electron chi connectivity index (χ2n) is 7.68. The molecule has 1 saturated heterocycles. The summed E-state index contributed by atoms with van der Waals surface area (Å²) in [6.07, 6.45) is 0.813. The van der Waals surface area contributed by atoms with Gasteiger partial charge in [0.05, 0.1) is 18.8 Å². The van der Waals surface area contributed by atoms with E-state index in [9.17, 15) is 33.0 Å². The summed E-state index contributed by atoms with van der Waals surface area (Å²) in [7, 11) is -4.02. The molecule has 0 spiro atoms. The largest absolute Gasteiger partial charge is 0.480 e. The highest BCUT2D eigenvalue weighted by atomic mass is 32.2. The SMILES string of the molecule is O=COCN1CCN(CC(=O)O)CCN(CCCCS(=O)(=O)O)CCN(CC(=O)O)CC1. The minimum absolute atomic E-state index is 0.0329. The van der Waals surface area contributed by atoms with Crippen molar-refractivity contribution < 1.29 is 42.3 Å². The zero-order valence-electron chi connectivity index (χ0n) is 18.2. The number of ether oxygens (including phenoxy) is 1. The minimum atomic E-state index is -4.02. The smallest absolute Gasteiger partial charge is 0.317 e. The van der Waals surface area contributed by atoms with Gasteiger partial charge in [0.15, 0.2) is 0 Å². The van der Waals surface area contributed by atoms with Crippen LogP contribution >= 0.6 is 0 Å². The van der Waals surface area contributed by atoms with E-state index in [2.05, 4.69) is 0 Å². The summed E-state index contributed by atoms with van der Waals surface area (Å²) >= 11 is 0. The molecule has 1 heterocycles. The highest BCUT2D eigenvalue weighted by Crippen LogP contribution is 2.04. The molecule has 0 bridgehead atoms. The molecule has 0 atom stereocenters. The fourth-order valence-electron chi connectivity index (χ4n) is 3.39. The molecule has 0 aliphatic carbocycles. The first-order valence-electron chi connectivity index (χ1n) is 10.4. The summed E-state index contributed by atoms with van der Waals surface area (Å²) in [4.78, 5) is 40.5. The first-order valence-corrected chi connectivity index (χ1v) is 12.0. The van der Waals surface area contributed by atoms with E-state index in [4.69, 9.17) is 9.29 Å². The zero-order chi connectivity index (χ0) is 24.0. The molecule has 0 radical (unpaired) electrons. The van der Waals surface area contributed by atoms with E-state index >= 15 is 0 Å². The van der Waals surface area contributed by atoms with Gasteiger partial charge in [-0.25, -0.2) is 0 Å². The van der Waals surface area contributed by atoms with Crippen molar-refractivity contribution in [2.75, 3.05) is 84.5 Å². The minimum Gasteiger partial charge on any atom is -0.480 e. The lowest BCUT2D eigenvalue weighted by Crippen LogP contribution is -2.48. The average molecular weight is 483 g/mol. The number of aliphatic carboxylic acids is 2. The summed E-state index contributed by atoms with van der Waals surface area (Å²) in [5.74, 6) is -2.24. The van der Waals surface area contributed by atoms with Crippen LogP contribution in [0.5, 0.6) is 0 Å². The van der Waals surface area contributed by atoms with Gasteiger partial charge >= 0.3 is 11.9 Å². The summed E-state index contributed by atoms with van der Waals surface area (Å²) in [6, 6.07) is 0. The topological polar surface area (TPSA) is 168 Å². The molecule has 0 aromatic rings. The van der Waals surface area contributed by atoms with Gasteiger partial charge in [0.1, 0.15) is 6.73 Å². The van der Waals surface area contributed by atoms with E-state index in [0.717, 1.165) is 0 Å². The molecular weight excluding hydrogens is 448 g/mol. The van der Waals surface area contributed by atoms with Gasteiger partial charge in [-0.2, -0.15) is 8.42 Å². The van der Waals surface area contributed by atoms with Gasteiger partial charge in [-0.1, -0.05) is 0 Å². The molecule has 3 N–H and O–H groups in total. The van der Waals surface area contributed by atoms with Crippen molar-refractivity contribution in [3.63, 3.8) is 0 Å². The Labute approximate surface area is 188 Å². The Morgan fingerprint density at radius 3 is 1.62 bits per heavy atom. The third-order valence-corrected chi connectivity index (χ3v) is 5.90. The van der Waals surface area contributed by atoms with E-state index in [-0.39, 0.29) is 25.6 Å². The lowest BCUT2D eigenvalue weighted by Gasteiger charge is -2.33. The van der Waals surface area contributed by atoms with Crippen LogP contribution < -0.4 is 0 Å². The second kappa shape index (κ2) is 15.1. The molecule has 13 nitrogen and oxygen atoms in total. The predicted octanol–water partition coefficient (Wildman–Crippen LogP) is -1.82. The lowest BCUT2D eigenvalue weighted by atomic mass is 10.3. The fraction of sp³-hybridized carbons (Fsp3) is 0.833. The molecule has 1 aliphatic rings. The Balaban J connectivity index is 2.83. The number of hydrogen-bond acceptors (Lipinski definition) is 10. The number of carboxylic acid groups (broad SMARTS) is 2. The molecule has 1 fully saturated rings. The van der Waals surface area contributed by atoms with Crippen molar-refractivity contribution in [1.82, 2.24) is 19.6 Å². The molecule has 1 aliphatic heterocycles. The molecule has 0 aromatic heterocycles. The molecule has 32 heavy (non-hydrogen) atoms. The number of unbranched alkanes of at least 4 members (excludes halogenated alkanes) is 1. The number of nitrogens with zero attached hydrogens (tertiary/aromatic N) is 4. The Kier molecular flexibility index (Phi) is 13.3. The van der Waals surface area contributed by atoms with E-state index < -0.39 is 22.1 Å². The number of carbonyl (C=O) groups is 3. The quantitative estimate of drug-likeness (QED) is 0.162. The molecule has 0 unspecified atom stereocenters. The van der Waals surface area contributed by atoms with Crippen molar-refractivity contribution in [1.29, 1.82) is 0 Å². The number of rotatable bonds is 12. The van der Waals surface area contributed by atoms with Gasteiger partial charge in [-0.3, -0.25) is 33.6 Å². The predicted molar refractivity (Wildman–Crippen MR) is 114 cm³/mol. The van der Waals surface area contributed by atoms with Crippen molar-refractivity contribution in [2.45, 2.75) is 12.8 Å². The molecule has 14 heteroatoms. The van der Waals surface area contributed by atoms with Crippen LogP contribution in [0, 0.1) is 0 Å². The Hall–Kier alpha value is -1.84. The van der Waals surface area contributed by atoms with Gasteiger partial charge in [-0.05, 0) is 19.4 Å². The van der Waals surface area contributed by atoms with Crippen LogP contribution in [0.3, 0.4) is 0 Å². The van der Waals surface area contributed by atoms with Crippen LogP contribution in [0.15, 0.2) is 0 Å². The maximum Gasteiger partial charge on any atom is 0.317 e. The van der Waals surface area contributed by atoms with Crippen molar-refractivity contribution in [2.24, 2.45) is 0 Å². The second-order valence-corrected chi connectivity index (χ2v) is 9.26. The number of carbonyl (C=O) groups excluding carboxylic acids is 1. The summed E-state index contributed by atoms with van der Waals surface area (Å²) < 4.78 is 35.5. The average Bonchev–Trinajstić information content (AvgIpc) is 2.68. The van der Waals surface area contributed by atoms with Crippen LogP contribution in [-0.4, -0.2) is 146 Å². The number of hydrogen-bond donors (Lipinski definition) is 3. The fourth-order valence-corrected chi connectivity index (χ4v) is 3.95. The van der Waals surface area contributed by atoms with Crippen LogP contribution in [0.4, 0.5) is 0 Å². The first-order chi connectivity index (χ1) is 15.1. The Morgan fingerprint density at radius 2 is 1.22 bits per heavy atom. The molecule has 0 aromatic carbocycles. The highest BCUT2D eigenvalue weighted by Gasteiger charge is 2.19. The molecule has 186 valence electrons. The van der Waals surface area contributed by atoms with Crippen LogP contribution in [0.2, 0.25) is 0 Å². The van der Waals surface area contributed by atoms with E-state index in [1.807, 2.05) is 9.80 Å². The van der Waals surface area contributed by atoms with E-state index in [1.165, 1.54) is 0 Å². The van der Waals surface area contributed by atoms with Crippen LogP contribution in [-0.2, 0) is 29.2 Å². The highest BCUT2D eigenvalue weighted by molar-refractivity contribution is 7.85. The monoisotopic (exact) mass is 482 g/mol. The third-order valence-electron chi connectivity index (χ3n) is 5.10. The summed E-state index contributed by atoms with van der Waals surface area (Å²) in [6.45, 7) is 4.27. The molecular formula is C18H34N4O9S. The molecule has 0 amide bonds. The first kappa shape index (κ1) is 28.2. The van der Waals surface area contributed by atoms with Crippen molar-refractivity contribution in [3.05, 3.63) is 0 Å². The summed E-state index contributed by atoms with van der Waals surface area (Å²) in [5, 5.41) is 18.4. The van der Waals surface area contributed by atoms with Crippen LogP contribution in [0.1, 0.15) is 12.8 Å².